The lowest BCUT2D eigenvalue weighted by molar-refractivity contribution is -0.387. The van der Waals surface area contributed by atoms with Gasteiger partial charge in [-0.05, 0) is 24.4 Å². The van der Waals surface area contributed by atoms with E-state index in [9.17, 15) is 18.5 Å². The van der Waals surface area contributed by atoms with Crippen LogP contribution in [0, 0.1) is 15.5 Å². The van der Waals surface area contributed by atoms with Gasteiger partial charge in [0.05, 0.1) is 4.92 Å². The van der Waals surface area contributed by atoms with E-state index in [0.29, 0.717) is 19.5 Å². The summed E-state index contributed by atoms with van der Waals surface area (Å²) in [6.45, 7) is 2.93. The predicted molar refractivity (Wildman–Crippen MR) is 73.6 cm³/mol. The lowest BCUT2D eigenvalue weighted by Crippen LogP contribution is -2.34. The Hall–Kier alpha value is -1.51. The standard InChI is InChI=1S/C12H17N3O4S/c1-12(8-13)6-7-14(9-12)20(18,19)11-5-3-2-4-10(11)15(16)17/h2-5H,6-9,13H2,1H3. The van der Waals surface area contributed by atoms with Crippen LogP contribution in [0.2, 0.25) is 0 Å². The second kappa shape index (κ2) is 5.12. The number of sulfonamides is 1. The fraction of sp³-hybridized carbons (Fsp3) is 0.500. The number of nitro benzene ring substituents is 1. The summed E-state index contributed by atoms with van der Waals surface area (Å²) >= 11 is 0. The van der Waals surface area contributed by atoms with Gasteiger partial charge in [0.1, 0.15) is 0 Å². The number of hydrogen-bond donors (Lipinski definition) is 1. The Kier molecular flexibility index (Phi) is 3.81. The molecule has 8 heteroatoms. The van der Waals surface area contributed by atoms with Gasteiger partial charge in [-0.2, -0.15) is 4.31 Å². The summed E-state index contributed by atoms with van der Waals surface area (Å²) in [6, 6.07) is 5.40. The number of nitrogens with zero attached hydrogens (tertiary/aromatic N) is 2. The first-order valence-electron chi connectivity index (χ1n) is 6.24. The minimum atomic E-state index is -3.86. The van der Waals surface area contributed by atoms with E-state index in [2.05, 4.69) is 0 Å². The van der Waals surface area contributed by atoms with Crippen molar-refractivity contribution in [2.75, 3.05) is 19.6 Å². The van der Waals surface area contributed by atoms with Crippen LogP contribution in [0.15, 0.2) is 29.2 Å². The molecule has 0 bridgehead atoms. The first kappa shape index (κ1) is 14.9. The van der Waals surface area contributed by atoms with E-state index in [1.165, 1.54) is 28.6 Å². The summed E-state index contributed by atoms with van der Waals surface area (Å²) in [7, 11) is -3.86. The van der Waals surface area contributed by atoms with Crippen molar-refractivity contribution in [2.45, 2.75) is 18.2 Å². The summed E-state index contributed by atoms with van der Waals surface area (Å²) < 4.78 is 26.4. The summed E-state index contributed by atoms with van der Waals surface area (Å²) in [5.74, 6) is 0. The van der Waals surface area contributed by atoms with Crippen molar-refractivity contribution in [3.05, 3.63) is 34.4 Å². The number of para-hydroxylation sites is 1. The minimum Gasteiger partial charge on any atom is -0.330 e. The highest BCUT2D eigenvalue weighted by atomic mass is 32.2. The van der Waals surface area contributed by atoms with Crippen LogP contribution in [0.4, 0.5) is 5.69 Å². The summed E-state index contributed by atoms with van der Waals surface area (Å²) in [6.07, 6.45) is 0.656. The van der Waals surface area contributed by atoms with Gasteiger partial charge in [-0.25, -0.2) is 8.42 Å². The van der Waals surface area contributed by atoms with Crippen molar-refractivity contribution >= 4 is 15.7 Å². The molecule has 1 fully saturated rings. The second-order valence-electron chi connectivity index (χ2n) is 5.33. The molecule has 1 aliphatic rings. The van der Waals surface area contributed by atoms with Crippen molar-refractivity contribution in [1.29, 1.82) is 0 Å². The van der Waals surface area contributed by atoms with Crippen molar-refractivity contribution in [1.82, 2.24) is 4.31 Å². The highest BCUT2D eigenvalue weighted by molar-refractivity contribution is 7.89. The van der Waals surface area contributed by atoms with Gasteiger partial charge in [0, 0.05) is 19.2 Å². The summed E-state index contributed by atoms with van der Waals surface area (Å²) in [4.78, 5) is 10.0. The van der Waals surface area contributed by atoms with Crippen LogP contribution in [0.5, 0.6) is 0 Å². The van der Waals surface area contributed by atoms with Crippen LogP contribution >= 0.6 is 0 Å². The lowest BCUT2D eigenvalue weighted by Gasteiger charge is -2.22. The molecule has 2 rings (SSSR count). The van der Waals surface area contributed by atoms with Crippen LogP contribution < -0.4 is 5.73 Å². The molecule has 0 spiro atoms. The maximum Gasteiger partial charge on any atom is 0.289 e. The molecule has 0 radical (unpaired) electrons. The molecular formula is C12H17N3O4S. The zero-order valence-electron chi connectivity index (χ0n) is 11.2. The Morgan fingerprint density at radius 1 is 1.45 bits per heavy atom. The molecule has 0 saturated carbocycles. The monoisotopic (exact) mass is 299 g/mol. The average Bonchev–Trinajstić information content (AvgIpc) is 2.83. The third-order valence-corrected chi connectivity index (χ3v) is 5.59. The Bertz CT molecular complexity index is 631. The molecule has 1 atom stereocenters. The van der Waals surface area contributed by atoms with E-state index in [1.807, 2.05) is 6.92 Å². The molecule has 7 nitrogen and oxygen atoms in total. The van der Waals surface area contributed by atoms with E-state index in [0.717, 1.165) is 0 Å². The molecule has 1 aliphatic heterocycles. The summed E-state index contributed by atoms with van der Waals surface area (Å²) in [5.41, 5.74) is 5.00. The first-order chi connectivity index (χ1) is 9.30. The molecule has 1 aromatic rings. The average molecular weight is 299 g/mol. The van der Waals surface area contributed by atoms with Crippen molar-refractivity contribution < 1.29 is 13.3 Å². The van der Waals surface area contributed by atoms with Gasteiger partial charge in [0.2, 0.25) is 10.0 Å². The van der Waals surface area contributed by atoms with Gasteiger partial charge in [0.15, 0.2) is 4.90 Å². The van der Waals surface area contributed by atoms with E-state index < -0.39 is 20.6 Å². The van der Waals surface area contributed by atoms with Crippen molar-refractivity contribution in [3.8, 4) is 0 Å². The van der Waals surface area contributed by atoms with Crippen LogP contribution in [0.3, 0.4) is 0 Å². The van der Waals surface area contributed by atoms with Crippen LogP contribution in [-0.4, -0.2) is 37.3 Å². The van der Waals surface area contributed by atoms with E-state index in [1.54, 1.807) is 0 Å². The van der Waals surface area contributed by atoms with Crippen LogP contribution in [-0.2, 0) is 10.0 Å². The van der Waals surface area contributed by atoms with Gasteiger partial charge in [-0.3, -0.25) is 10.1 Å². The van der Waals surface area contributed by atoms with Crippen LogP contribution in [0.25, 0.3) is 0 Å². The van der Waals surface area contributed by atoms with Gasteiger partial charge < -0.3 is 5.73 Å². The highest BCUT2D eigenvalue weighted by Crippen LogP contribution is 2.34. The quantitative estimate of drug-likeness (QED) is 0.658. The zero-order valence-corrected chi connectivity index (χ0v) is 12.0. The molecule has 1 saturated heterocycles. The third kappa shape index (κ3) is 2.54. The lowest BCUT2D eigenvalue weighted by atomic mass is 9.90. The largest absolute Gasteiger partial charge is 0.330 e. The molecule has 2 N–H and O–H groups in total. The SMILES string of the molecule is CC1(CN)CCN(S(=O)(=O)c2ccccc2[N+](=O)[O-])C1. The smallest absolute Gasteiger partial charge is 0.289 e. The van der Waals surface area contributed by atoms with E-state index in [-0.39, 0.29) is 16.9 Å². The van der Waals surface area contributed by atoms with Gasteiger partial charge in [-0.15, -0.1) is 0 Å². The van der Waals surface area contributed by atoms with Gasteiger partial charge >= 0.3 is 0 Å². The highest BCUT2D eigenvalue weighted by Gasteiger charge is 2.41. The maximum absolute atomic E-state index is 12.5. The minimum absolute atomic E-state index is 0.258. The molecule has 20 heavy (non-hydrogen) atoms. The van der Waals surface area contributed by atoms with E-state index >= 15 is 0 Å². The molecule has 0 amide bonds. The van der Waals surface area contributed by atoms with Crippen LogP contribution in [0.1, 0.15) is 13.3 Å². The fourth-order valence-corrected chi connectivity index (χ4v) is 4.06. The number of nitrogens with two attached hydrogens (primary N) is 1. The zero-order chi connectivity index (χ0) is 15.0. The molecule has 0 aliphatic carbocycles. The molecule has 0 aromatic heterocycles. The van der Waals surface area contributed by atoms with E-state index in [4.69, 9.17) is 5.73 Å². The third-order valence-electron chi connectivity index (χ3n) is 3.70. The number of rotatable bonds is 4. The molecule has 1 aromatic carbocycles. The number of benzene rings is 1. The van der Waals surface area contributed by atoms with Gasteiger partial charge in [-0.1, -0.05) is 19.1 Å². The Labute approximate surface area is 117 Å². The first-order valence-corrected chi connectivity index (χ1v) is 7.68. The summed E-state index contributed by atoms with van der Waals surface area (Å²) in [5, 5.41) is 11.0. The Morgan fingerprint density at radius 2 is 2.10 bits per heavy atom. The Balaban J connectivity index is 2.40. The molecule has 1 heterocycles. The van der Waals surface area contributed by atoms with Gasteiger partial charge in [0.25, 0.3) is 5.69 Å². The number of nitro groups is 1. The normalized spacial score (nSPS) is 23.9. The number of hydrogen-bond acceptors (Lipinski definition) is 5. The topological polar surface area (TPSA) is 107 Å². The molecule has 110 valence electrons. The second-order valence-corrected chi connectivity index (χ2v) is 7.23. The Morgan fingerprint density at radius 3 is 2.65 bits per heavy atom. The maximum atomic E-state index is 12.5. The van der Waals surface area contributed by atoms with Crippen molar-refractivity contribution in [2.24, 2.45) is 11.1 Å². The fourth-order valence-electron chi connectivity index (χ4n) is 2.32. The molecule has 1 unspecified atom stereocenters. The predicted octanol–water partition coefficient (Wildman–Crippen LogP) is 0.954. The van der Waals surface area contributed by atoms with Crippen molar-refractivity contribution in [3.63, 3.8) is 0 Å². The molecular weight excluding hydrogens is 282 g/mol.